The first kappa shape index (κ1) is 10.4. The average molecular weight is 213 g/mol. The molecule has 0 unspecified atom stereocenters. The fourth-order valence-electron chi connectivity index (χ4n) is 1.44. The quantitative estimate of drug-likeness (QED) is 0.704. The Morgan fingerprint density at radius 1 is 0.812 bits per heavy atom. The first-order chi connectivity index (χ1) is 7.75. The van der Waals surface area contributed by atoms with Crippen molar-refractivity contribution in [3.05, 3.63) is 80.9 Å². The van der Waals surface area contributed by atoms with Crippen LogP contribution in [0.2, 0.25) is 0 Å². The molecule has 1 aromatic heterocycles. The molecule has 2 rings (SSSR count). The molecule has 0 aliphatic rings. The second-order valence-electron chi connectivity index (χ2n) is 3.52. The molecular weight excluding hydrogens is 202 g/mol. The molecule has 0 bridgehead atoms. The summed E-state index contributed by atoms with van der Waals surface area (Å²) in [5.41, 5.74) is 0.164. The van der Waals surface area contributed by atoms with E-state index in [1.54, 1.807) is 17.0 Å². The molecule has 0 aliphatic heterocycles. The summed E-state index contributed by atoms with van der Waals surface area (Å²) in [6.07, 6.45) is 3.24. The van der Waals surface area contributed by atoms with Crippen LogP contribution < -0.4 is 10.9 Å². The van der Waals surface area contributed by atoms with Crippen molar-refractivity contribution in [2.45, 2.75) is 6.54 Å². The Kier molecular flexibility index (Phi) is 2.96. The molecule has 0 saturated carbocycles. The van der Waals surface area contributed by atoms with E-state index in [1.165, 1.54) is 12.1 Å². The van der Waals surface area contributed by atoms with Crippen LogP contribution in [0.3, 0.4) is 0 Å². The number of benzene rings is 1. The van der Waals surface area contributed by atoms with Gasteiger partial charge in [0, 0.05) is 31.1 Å². The van der Waals surface area contributed by atoms with Crippen molar-refractivity contribution in [1.29, 1.82) is 0 Å². The third-order valence-corrected chi connectivity index (χ3v) is 2.29. The van der Waals surface area contributed by atoms with Gasteiger partial charge in [0.05, 0.1) is 0 Å². The average Bonchev–Trinajstić information content (AvgIpc) is 2.46. The molecular formula is C13H11NO2. The Morgan fingerprint density at radius 3 is 1.94 bits per heavy atom. The van der Waals surface area contributed by atoms with Crippen LogP contribution in [0.1, 0.15) is 5.56 Å². The largest absolute Gasteiger partial charge is 0.350 e. The smallest absolute Gasteiger partial charge is 0.227 e. The second kappa shape index (κ2) is 4.57. The fraction of sp³-hybridized carbons (Fsp3) is 0.0769. The maximum Gasteiger partial charge on any atom is 0.227 e. The van der Waals surface area contributed by atoms with Crippen LogP contribution in [0.4, 0.5) is 0 Å². The van der Waals surface area contributed by atoms with Crippen LogP contribution >= 0.6 is 0 Å². The van der Waals surface area contributed by atoms with Gasteiger partial charge in [0.2, 0.25) is 10.9 Å². The number of aromatic nitrogens is 1. The first-order valence-corrected chi connectivity index (χ1v) is 5.00. The Bertz CT molecular complexity index is 555. The van der Waals surface area contributed by atoms with E-state index in [4.69, 9.17) is 0 Å². The summed E-state index contributed by atoms with van der Waals surface area (Å²) in [4.78, 5) is 22.2. The Labute approximate surface area is 92.6 Å². The summed E-state index contributed by atoms with van der Waals surface area (Å²) >= 11 is 0. The summed E-state index contributed by atoms with van der Waals surface area (Å²) in [6, 6.07) is 12.4. The molecule has 0 amide bonds. The molecule has 0 saturated heterocycles. The van der Waals surface area contributed by atoms with Crippen LogP contribution in [0.5, 0.6) is 0 Å². The van der Waals surface area contributed by atoms with E-state index >= 15 is 0 Å². The molecule has 80 valence electrons. The molecule has 1 heterocycles. The molecule has 0 aliphatic carbocycles. The van der Waals surface area contributed by atoms with E-state index in [0.29, 0.717) is 6.54 Å². The van der Waals surface area contributed by atoms with E-state index in [9.17, 15) is 9.59 Å². The van der Waals surface area contributed by atoms with Gasteiger partial charge in [-0.25, -0.2) is 0 Å². The SMILES string of the molecule is O=c1ccn(Cc2ccccc2)ccc1=O. The van der Waals surface area contributed by atoms with Crippen molar-refractivity contribution < 1.29 is 0 Å². The first-order valence-electron chi connectivity index (χ1n) is 5.00. The second-order valence-corrected chi connectivity index (χ2v) is 3.52. The van der Waals surface area contributed by atoms with Gasteiger partial charge in [-0.3, -0.25) is 9.59 Å². The lowest BCUT2D eigenvalue weighted by molar-refractivity contribution is 0.796. The number of rotatable bonds is 2. The minimum atomic E-state index is -0.480. The van der Waals surface area contributed by atoms with Crippen molar-refractivity contribution in [3.63, 3.8) is 0 Å². The summed E-state index contributed by atoms with van der Waals surface area (Å²) in [5, 5.41) is 0. The highest BCUT2D eigenvalue weighted by Crippen LogP contribution is 2.00. The Balaban J connectivity index is 2.34. The summed E-state index contributed by atoms with van der Waals surface area (Å²) < 4.78 is 1.80. The standard InChI is InChI=1S/C13H11NO2/c15-12-6-8-14(9-7-13(12)16)10-11-4-2-1-3-5-11/h1-9H,10H2. The molecule has 0 N–H and O–H groups in total. The van der Waals surface area contributed by atoms with E-state index in [1.807, 2.05) is 30.3 Å². The van der Waals surface area contributed by atoms with Gasteiger partial charge >= 0.3 is 0 Å². The summed E-state index contributed by atoms with van der Waals surface area (Å²) in [6.45, 7) is 0.647. The molecule has 0 fully saturated rings. The van der Waals surface area contributed by atoms with Gasteiger partial charge in [-0.05, 0) is 5.56 Å². The lowest BCUT2D eigenvalue weighted by Crippen LogP contribution is -2.17. The third kappa shape index (κ3) is 2.45. The van der Waals surface area contributed by atoms with E-state index in [2.05, 4.69) is 0 Å². The lowest BCUT2D eigenvalue weighted by Gasteiger charge is -2.02. The minimum Gasteiger partial charge on any atom is -0.350 e. The van der Waals surface area contributed by atoms with Crippen molar-refractivity contribution in [2.24, 2.45) is 0 Å². The third-order valence-electron chi connectivity index (χ3n) is 2.29. The van der Waals surface area contributed by atoms with Gasteiger partial charge in [-0.15, -0.1) is 0 Å². The van der Waals surface area contributed by atoms with Gasteiger partial charge in [0.25, 0.3) is 0 Å². The fourth-order valence-corrected chi connectivity index (χ4v) is 1.44. The van der Waals surface area contributed by atoms with Crippen molar-refractivity contribution >= 4 is 0 Å². The predicted octanol–water partition coefficient (Wildman–Crippen LogP) is 1.26. The molecule has 0 radical (unpaired) electrons. The van der Waals surface area contributed by atoms with Gasteiger partial charge < -0.3 is 4.57 Å². The highest BCUT2D eigenvalue weighted by molar-refractivity contribution is 5.15. The van der Waals surface area contributed by atoms with Gasteiger partial charge in [-0.1, -0.05) is 30.3 Å². The Morgan fingerprint density at radius 2 is 1.38 bits per heavy atom. The Hall–Kier alpha value is -2.16. The highest BCUT2D eigenvalue weighted by atomic mass is 16.2. The zero-order chi connectivity index (χ0) is 11.4. The molecule has 1 aromatic carbocycles. The number of nitrogens with zero attached hydrogens (tertiary/aromatic N) is 1. The van der Waals surface area contributed by atoms with Crippen molar-refractivity contribution in [1.82, 2.24) is 4.57 Å². The van der Waals surface area contributed by atoms with Gasteiger partial charge in [0.15, 0.2) is 0 Å². The zero-order valence-electron chi connectivity index (χ0n) is 8.67. The van der Waals surface area contributed by atoms with Crippen molar-refractivity contribution in [3.8, 4) is 0 Å². The zero-order valence-corrected chi connectivity index (χ0v) is 8.67. The molecule has 3 heteroatoms. The maximum absolute atomic E-state index is 11.1. The minimum absolute atomic E-state index is 0.480. The van der Waals surface area contributed by atoms with E-state index < -0.39 is 10.9 Å². The van der Waals surface area contributed by atoms with Crippen LogP contribution in [0.15, 0.2) is 64.4 Å². The molecule has 16 heavy (non-hydrogen) atoms. The molecule has 0 atom stereocenters. The lowest BCUT2D eigenvalue weighted by atomic mass is 10.2. The number of hydrogen-bond acceptors (Lipinski definition) is 2. The van der Waals surface area contributed by atoms with E-state index in [-0.39, 0.29) is 0 Å². The molecule has 2 aromatic rings. The van der Waals surface area contributed by atoms with Gasteiger partial charge in [0.1, 0.15) is 0 Å². The van der Waals surface area contributed by atoms with Crippen LogP contribution in [0.25, 0.3) is 0 Å². The highest BCUT2D eigenvalue weighted by Gasteiger charge is 1.93. The topological polar surface area (TPSA) is 39.1 Å². The van der Waals surface area contributed by atoms with Crippen LogP contribution in [-0.2, 0) is 6.54 Å². The monoisotopic (exact) mass is 213 g/mol. The normalized spacial score (nSPS) is 10.0. The summed E-state index contributed by atoms with van der Waals surface area (Å²) in [5.74, 6) is 0. The number of hydrogen-bond donors (Lipinski definition) is 0. The maximum atomic E-state index is 11.1. The van der Waals surface area contributed by atoms with Crippen LogP contribution in [0, 0.1) is 0 Å². The van der Waals surface area contributed by atoms with Crippen molar-refractivity contribution in [2.75, 3.05) is 0 Å². The van der Waals surface area contributed by atoms with E-state index in [0.717, 1.165) is 5.56 Å². The molecule has 0 spiro atoms. The molecule has 3 nitrogen and oxygen atoms in total. The van der Waals surface area contributed by atoms with Gasteiger partial charge in [-0.2, -0.15) is 0 Å². The summed E-state index contributed by atoms with van der Waals surface area (Å²) in [7, 11) is 0. The van der Waals surface area contributed by atoms with Crippen LogP contribution in [-0.4, -0.2) is 4.57 Å². The predicted molar refractivity (Wildman–Crippen MR) is 62.5 cm³/mol.